The fourth-order valence-corrected chi connectivity index (χ4v) is 4.62. The van der Waals surface area contributed by atoms with Gasteiger partial charge in [0.15, 0.2) is 5.96 Å². The van der Waals surface area contributed by atoms with Gasteiger partial charge >= 0.3 is 0 Å². The van der Waals surface area contributed by atoms with Crippen molar-refractivity contribution in [1.82, 2.24) is 10.2 Å². The topological polar surface area (TPSA) is 46.1 Å². The molecule has 26 heavy (non-hydrogen) atoms. The molecule has 0 radical (unpaired) electrons. The molecular formula is C20H38IN3O2. The first-order chi connectivity index (χ1) is 12.2. The number of nitrogens with one attached hydrogen (secondary N) is 1. The Labute approximate surface area is 176 Å². The molecule has 0 spiro atoms. The molecule has 1 saturated carbocycles. The number of guanidine groups is 1. The van der Waals surface area contributed by atoms with E-state index in [2.05, 4.69) is 29.1 Å². The predicted molar refractivity (Wildman–Crippen MR) is 117 cm³/mol. The molecule has 152 valence electrons. The van der Waals surface area contributed by atoms with E-state index in [1.165, 1.54) is 25.7 Å². The van der Waals surface area contributed by atoms with Crippen LogP contribution in [0.15, 0.2) is 4.99 Å². The van der Waals surface area contributed by atoms with Crippen molar-refractivity contribution in [1.29, 1.82) is 0 Å². The van der Waals surface area contributed by atoms with Gasteiger partial charge in [-0.25, -0.2) is 0 Å². The summed E-state index contributed by atoms with van der Waals surface area (Å²) in [6.07, 6.45) is 8.24. The number of rotatable bonds is 4. The summed E-state index contributed by atoms with van der Waals surface area (Å²) < 4.78 is 11.8. The van der Waals surface area contributed by atoms with Gasteiger partial charge in [0, 0.05) is 33.3 Å². The molecule has 2 aliphatic heterocycles. The Kier molecular flexibility index (Phi) is 9.44. The summed E-state index contributed by atoms with van der Waals surface area (Å²) in [7, 11) is 1.90. The second-order valence-corrected chi connectivity index (χ2v) is 8.36. The lowest BCUT2D eigenvalue weighted by molar-refractivity contribution is -0.0817. The Morgan fingerprint density at radius 2 is 1.81 bits per heavy atom. The van der Waals surface area contributed by atoms with Crippen molar-refractivity contribution in [3.8, 4) is 0 Å². The second-order valence-electron chi connectivity index (χ2n) is 8.36. The highest BCUT2D eigenvalue weighted by Gasteiger charge is 2.32. The van der Waals surface area contributed by atoms with Crippen molar-refractivity contribution >= 4 is 29.9 Å². The van der Waals surface area contributed by atoms with E-state index in [1.807, 2.05) is 7.05 Å². The van der Waals surface area contributed by atoms with Crippen molar-refractivity contribution in [3.63, 3.8) is 0 Å². The maximum absolute atomic E-state index is 5.97. The number of hydrogen-bond acceptors (Lipinski definition) is 3. The minimum atomic E-state index is 0. The minimum absolute atomic E-state index is 0. The maximum Gasteiger partial charge on any atom is 0.193 e. The van der Waals surface area contributed by atoms with Crippen molar-refractivity contribution in [2.24, 2.45) is 22.7 Å². The zero-order valence-corrected chi connectivity index (χ0v) is 19.1. The molecule has 0 bridgehead atoms. The second kappa shape index (κ2) is 11.1. The van der Waals surface area contributed by atoms with E-state index in [4.69, 9.17) is 9.47 Å². The van der Waals surface area contributed by atoms with Crippen molar-refractivity contribution in [2.45, 2.75) is 64.6 Å². The summed E-state index contributed by atoms with van der Waals surface area (Å²) in [5.41, 5.74) is 0. The molecule has 5 nitrogen and oxygen atoms in total. The fourth-order valence-electron chi connectivity index (χ4n) is 4.62. The van der Waals surface area contributed by atoms with E-state index in [9.17, 15) is 0 Å². The van der Waals surface area contributed by atoms with Crippen LogP contribution >= 0.6 is 24.0 Å². The van der Waals surface area contributed by atoms with Gasteiger partial charge in [-0.3, -0.25) is 4.99 Å². The number of nitrogens with zero attached hydrogens (tertiary/aromatic N) is 2. The summed E-state index contributed by atoms with van der Waals surface area (Å²) in [5, 5.41) is 3.64. The zero-order valence-electron chi connectivity index (χ0n) is 16.8. The van der Waals surface area contributed by atoms with Gasteiger partial charge < -0.3 is 19.7 Å². The van der Waals surface area contributed by atoms with Crippen LogP contribution in [-0.4, -0.2) is 63.0 Å². The third-order valence-electron chi connectivity index (χ3n) is 6.37. The molecule has 3 rings (SSSR count). The minimum Gasteiger partial charge on any atom is -0.375 e. The van der Waals surface area contributed by atoms with E-state index in [0.29, 0.717) is 0 Å². The molecule has 2 heterocycles. The summed E-state index contributed by atoms with van der Waals surface area (Å²) in [6.45, 7) is 9.26. The number of halogens is 1. The third-order valence-corrected chi connectivity index (χ3v) is 6.37. The van der Waals surface area contributed by atoms with Gasteiger partial charge in [-0.15, -0.1) is 24.0 Å². The van der Waals surface area contributed by atoms with Crippen LogP contribution in [0.5, 0.6) is 0 Å². The number of hydrogen-bond donors (Lipinski definition) is 1. The summed E-state index contributed by atoms with van der Waals surface area (Å²) in [6, 6.07) is 0. The van der Waals surface area contributed by atoms with Crippen LogP contribution in [0.3, 0.4) is 0 Å². The highest BCUT2D eigenvalue weighted by atomic mass is 127. The zero-order chi connectivity index (χ0) is 17.6. The highest BCUT2D eigenvalue weighted by molar-refractivity contribution is 14.0. The Hall–Kier alpha value is -0.0800. The van der Waals surface area contributed by atoms with Crippen LogP contribution in [0.4, 0.5) is 0 Å². The molecule has 0 aromatic heterocycles. The Morgan fingerprint density at radius 3 is 2.42 bits per heavy atom. The SMILES string of the molecule is CN=C(NCC1CCC(C(C)C)CC1)N1CCOC(C2CCCO2)C1.I. The summed E-state index contributed by atoms with van der Waals surface area (Å²) in [4.78, 5) is 6.89. The molecule has 0 amide bonds. The van der Waals surface area contributed by atoms with Gasteiger partial charge in [-0.2, -0.15) is 0 Å². The molecule has 3 aliphatic rings. The average molecular weight is 479 g/mol. The summed E-state index contributed by atoms with van der Waals surface area (Å²) in [5.74, 6) is 3.60. The highest BCUT2D eigenvalue weighted by Crippen LogP contribution is 2.32. The Morgan fingerprint density at radius 1 is 1.08 bits per heavy atom. The quantitative estimate of drug-likeness (QED) is 0.381. The lowest BCUT2D eigenvalue weighted by Gasteiger charge is -2.38. The first kappa shape index (κ1) is 22.2. The van der Waals surface area contributed by atoms with E-state index in [0.717, 1.165) is 69.4 Å². The van der Waals surface area contributed by atoms with E-state index in [1.54, 1.807) is 0 Å². The number of morpholine rings is 1. The van der Waals surface area contributed by atoms with Gasteiger partial charge in [0.05, 0.1) is 12.7 Å². The van der Waals surface area contributed by atoms with Crippen molar-refractivity contribution in [2.75, 3.05) is 39.9 Å². The van der Waals surface area contributed by atoms with Gasteiger partial charge in [0.2, 0.25) is 0 Å². The lowest BCUT2D eigenvalue weighted by Crippen LogP contribution is -2.53. The van der Waals surface area contributed by atoms with Crippen LogP contribution in [-0.2, 0) is 9.47 Å². The Balaban J connectivity index is 0.00000243. The molecule has 1 N–H and O–H groups in total. The fraction of sp³-hybridized carbons (Fsp3) is 0.950. The van der Waals surface area contributed by atoms with Gasteiger partial charge in [0.25, 0.3) is 0 Å². The molecule has 2 atom stereocenters. The van der Waals surface area contributed by atoms with E-state index < -0.39 is 0 Å². The molecule has 1 aliphatic carbocycles. The molecular weight excluding hydrogens is 441 g/mol. The van der Waals surface area contributed by atoms with Gasteiger partial charge in [0.1, 0.15) is 6.10 Å². The smallest absolute Gasteiger partial charge is 0.193 e. The van der Waals surface area contributed by atoms with Crippen molar-refractivity contribution in [3.05, 3.63) is 0 Å². The molecule has 3 fully saturated rings. The summed E-state index contributed by atoms with van der Waals surface area (Å²) >= 11 is 0. The van der Waals surface area contributed by atoms with Gasteiger partial charge in [-0.05, 0) is 56.3 Å². The molecule has 2 unspecified atom stereocenters. The van der Waals surface area contributed by atoms with E-state index >= 15 is 0 Å². The predicted octanol–water partition coefficient (Wildman–Crippen LogP) is 3.52. The largest absolute Gasteiger partial charge is 0.375 e. The monoisotopic (exact) mass is 479 g/mol. The maximum atomic E-state index is 5.97. The number of aliphatic imine (C=N–C) groups is 1. The molecule has 6 heteroatoms. The molecule has 0 aromatic rings. The molecule has 0 aromatic carbocycles. The first-order valence-corrected chi connectivity index (χ1v) is 10.4. The van der Waals surface area contributed by atoms with Crippen molar-refractivity contribution < 1.29 is 9.47 Å². The van der Waals surface area contributed by atoms with Crippen LogP contribution in [0.2, 0.25) is 0 Å². The van der Waals surface area contributed by atoms with Crippen LogP contribution in [0.1, 0.15) is 52.4 Å². The first-order valence-electron chi connectivity index (χ1n) is 10.4. The van der Waals surface area contributed by atoms with Crippen LogP contribution in [0.25, 0.3) is 0 Å². The lowest BCUT2D eigenvalue weighted by atomic mass is 9.77. The van der Waals surface area contributed by atoms with E-state index in [-0.39, 0.29) is 36.2 Å². The molecule has 2 saturated heterocycles. The Bertz CT molecular complexity index is 433. The normalized spacial score (nSPS) is 33.2. The standard InChI is InChI=1S/C20H37N3O2.HI/c1-15(2)17-8-6-16(7-9-17)13-22-20(21-3)23-10-12-25-19(14-23)18-5-4-11-24-18;/h15-19H,4-14H2,1-3H3,(H,21,22);1H. The average Bonchev–Trinajstić information content (AvgIpc) is 3.18. The van der Waals surface area contributed by atoms with Crippen LogP contribution in [0, 0.1) is 17.8 Å². The number of ether oxygens (including phenoxy) is 2. The van der Waals surface area contributed by atoms with Crippen LogP contribution < -0.4 is 5.32 Å². The third kappa shape index (κ3) is 5.96. The van der Waals surface area contributed by atoms with Gasteiger partial charge in [-0.1, -0.05) is 13.8 Å².